The van der Waals surface area contributed by atoms with E-state index in [4.69, 9.17) is 4.98 Å². The Kier molecular flexibility index (Phi) is 3.39. The summed E-state index contributed by atoms with van der Waals surface area (Å²) in [5.74, 6) is 1.19. The van der Waals surface area contributed by atoms with Gasteiger partial charge in [-0.25, -0.2) is 4.98 Å². The van der Waals surface area contributed by atoms with Crippen LogP contribution in [0.25, 0.3) is 11.0 Å². The number of aryl methyl sites for hydroxylation is 2. The third kappa shape index (κ3) is 2.54. The summed E-state index contributed by atoms with van der Waals surface area (Å²) in [5.41, 5.74) is 3.52. The van der Waals surface area contributed by atoms with E-state index in [1.807, 2.05) is 24.7 Å². The molecule has 3 aliphatic heterocycles. The molecule has 1 unspecified atom stereocenters. The van der Waals surface area contributed by atoms with Gasteiger partial charge in [-0.2, -0.15) is 5.10 Å². The maximum absolute atomic E-state index is 13.2. The molecule has 1 aliphatic carbocycles. The minimum Gasteiger partial charge on any atom is -0.348 e. The summed E-state index contributed by atoms with van der Waals surface area (Å²) in [4.78, 5) is 20.4. The lowest BCUT2D eigenvalue weighted by atomic mass is 9.84. The molecule has 2 aromatic heterocycles. The zero-order valence-corrected chi connectivity index (χ0v) is 15.0. The van der Waals surface area contributed by atoms with Gasteiger partial charge in [0.25, 0.3) is 5.91 Å². The number of hydrogen-bond acceptors (Lipinski definition) is 4. The van der Waals surface area contributed by atoms with Gasteiger partial charge in [0.05, 0.1) is 16.6 Å². The van der Waals surface area contributed by atoms with Gasteiger partial charge < -0.3 is 10.2 Å². The summed E-state index contributed by atoms with van der Waals surface area (Å²) in [5, 5.41) is 8.75. The van der Waals surface area contributed by atoms with Gasteiger partial charge in [-0.15, -0.1) is 0 Å². The number of carbonyl (C=O) groups excluding carboxylic acids is 1. The van der Waals surface area contributed by atoms with E-state index < -0.39 is 0 Å². The van der Waals surface area contributed by atoms with Crippen molar-refractivity contribution in [3.8, 4) is 0 Å². The molecule has 25 heavy (non-hydrogen) atoms. The van der Waals surface area contributed by atoms with Crippen molar-refractivity contribution < 1.29 is 4.79 Å². The summed E-state index contributed by atoms with van der Waals surface area (Å²) in [6.45, 7) is 5.33. The first-order valence-electron chi connectivity index (χ1n) is 9.47. The highest BCUT2D eigenvalue weighted by atomic mass is 16.1. The fourth-order valence-corrected chi connectivity index (χ4v) is 4.61. The van der Waals surface area contributed by atoms with Gasteiger partial charge in [-0.3, -0.25) is 9.48 Å². The summed E-state index contributed by atoms with van der Waals surface area (Å²) < 4.78 is 1.81. The van der Waals surface area contributed by atoms with Crippen LogP contribution in [0.3, 0.4) is 0 Å². The molecule has 2 aromatic rings. The smallest absolute Gasteiger partial charge is 0.252 e. The highest BCUT2D eigenvalue weighted by Crippen LogP contribution is 2.40. The Bertz CT molecular complexity index is 845. The van der Waals surface area contributed by atoms with E-state index in [2.05, 4.69) is 15.3 Å². The van der Waals surface area contributed by atoms with Crippen LogP contribution in [0.4, 0.5) is 0 Å². The number of aromatic nitrogens is 3. The lowest BCUT2D eigenvalue weighted by Crippen LogP contribution is -2.57. The van der Waals surface area contributed by atoms with E-state index in [-0.39, 0.29) is 11.9 Å². The van der Waals surface area contributed by atoms with E-state index in [9.17, 15) is 4.79 Å². The second-order valence-electron chi connectivity index (χ2n) is 7.99. The normalized spacial score (nSPS) is 28.5. The molecule has 4 aliphatic rings. The molecule has 1 amide bonds. The van der Waals surface area contributed by atoms with Gasteiger partial charge in [0.2, 0.25) is 0 Å². The van der Waals surface area contributed by atoms with Crippen LogP contribution in [0.15, 0.2) is 6.07 Å². The SMILES string of the molecule is Cc1nn(C)c2nc(C3CC3)cc(C(=O)NC3CN4CCC3CC4)c12. The van der Waals surface area contributed by atoms with Gasteiger partial charge in [-0.1, -0.05) is 0 Å². The molecule has 6 nitrogen and oxygen atoms in total. The average molecular weight is 339 g/mol. The molecule has 2 bridgehead atoms. The molecular formula is C19H25N5O. The zero-order chi connectivity index (χ0) is 17.1. The van der Waals surface area contributed by atoms with Crippen LogP contribution in [0.1, 0.15) is 53.3 Å². The number of rotatable bonds is 3. The molecule has 0 radical (unpaired) electrons. The van der Waals surface area contributed by atoms with Crippen molar-refractivity contribution in [3.63, 3.8) is 0 Å². The van der Waals surface area contributed by atoms with Crippen LogP contribution in [0.2, 0.25) is 0 Å². The number of fused-ring (bicyclic) bond motifs is 4. The van der Waals surface area contributed by atoms with Gasteiger partial charge in [0.1, 0.15) is 0 Å². The quantitative estimate of drug-likeness (QED) is 0.929. The minimum atomic E-state index is 0.0455. The zero-order valence-electron chi connectivity index (χ0n) is 15.0. The Morgan fingerprint density at radius 3 is 2.64 bits per heavy atom. The molecule has 4 fully saturated rings. The minimum absolute atomic E-state index is 0.0455. The van der Waals surface area contributed by atoms with E-state index in [0.29, 0.717) is 11.8 Å². The second kappa shape index (κ2) is 5.53. The Morgan fingerprint density at radius 2 is 2.00 bits per heavy atom. The highest BCUT2D eigenvalue weighted by Gasteiger charge is 2.36. The average Bonchev–Trinajstić information content (AvgIpc) is 3.42. The van der Waals surface area contributed by atoms with E-state index in [1.165, 1.54) is 38.8 Å². The standard InChI is InChI=1S/C19H25N5O/c1-11-17-14(9-15(12-3-4-12)20-18(17)23(2)22-11)19(25)21-16-10-24-7-5-13(16)6-8-24/h9,12-13,16H,3-8,10H2,1-2H3,(H,21,25). The topological polar surface area (TPSA) is 63.1 Å². The van der Waals surface area contributed by atoms with E-state index in [0.717, 1.165) is 34.5 Å². The number of amides is 1. The van der Waals surface area contributed by atoms with Gasteiger partial charge in [-0.05, 0) is 57.7 Å². The first-order valence-corrected chi connectivity index (χ1v) is 9.47. The summed E-state index contributed by atoms with van der Waals surface area (Å²) in [6, 6.07) is 2.30. The van der Waals surface area contributed by atoms with Gasteiger partial charge in [0.15, 0.2) is 5.65 Å². The fraction of sp³-hybridized carbons (Fsp3) is 0.632. The third-order valence-corrected chi connectivity index (χ3v) is 6.20. The molecular weight excluding hydrogens is 314 g/mol. The number of piperidine rings is 3. The highest BCUT2D eigenvalue weighted by molar-refractivity contribution is 6.06. The van der Waals surface area contributed by atoms with Crippen LogP contribution < -0.4 is 5.32 Å². The molecule has 6 rings (SSSR count). The van der Waals surface area contributed by atoms with Crippen molar-refractivity contribution in [2.75, 3.05) is 19.6 Å². The second-order valence-corrected chi connectivity index (χ2v) is 7.99. The largest absolute Gasteiger partial charge is 0.348 e. The van der Waals surface area contributed by atoms with Gasteiger partial charge >= 0.3 is 0 Å². The number of hydrogen-bond donors (Lipinski definition) is 1. The first kappa shape index (κ1) is 15.3. The van der Waals surface area contributed by atoms with Crippen molar-refractivity contribution in [1.29, 1.82) is 0 Å². The number of nitrogens with one attached hydrogen (secondary N) is 1. The van der Waals surface area contributed by atoms with Crippen molar-refractivity contribution in [2.24, 2.45) is 13.0 Å². The van der Waals surface area contributed by atoms with Crippen LogP contribution in [-0.2, 0) is 7.05 Å². The lowest BCUT2D eigenvalue weighted by Gasteiger charge is -2.44. The van der Waals surface area contributed by atoms with E-state index >= 15 is 0 Å². The molecule has 0 aromatic carbocycles. The fourth-order valence-electron chi connectivity index (χ4n) is 4.61. The molecule has 0 spiro atoms. The number of pyridine rings is 1. The van der Waals surface area contributed by atoms with Crippen LogP contribution in [0, 0.1) is 12.8 Å². The Balaban J connectivity index is 1.51. The number of nitrogens with zero attached hydrogens (tertiary/aromatic N) is 4. The molecule has 1 atom stereocenters. The lowest BCUT2D eigenvalue weighted by molar-refractivity contribution is 0.0621. The summed E-state index contributed by atoms with van der Waals surface area (Å²) in [6.07, 6.45) is 4.76. The Morgan fingerprint density at radius 1 is 1.24 bits per heavy atom. The molecule has 132 valence electrons. The van der Waals surface area contributed by atoms with Crippen molar-refractivity contribution >= 4 is 16.9 Å². The monoisotopic (exact) mass is 339 g/mol. The van der Waals surface area contributed by atoms with Crippen LogP contribution in [-0.4, -0.2) is 51.2 Å². The first-order chi connectivity index (χ1) is 12.1. The van der Waals surface area contributed by atoms with Crippen molar-refractivity contribution in [2.45, 2.75) is 44.6 Å². The number of carbonyl (C=O) groups is 1. The van der Waals surface area contributed by atoms with Crippen LogP contribution >= 0.6 is 0 Å². The van der Waals surface area contributed by atoms with E-state index in [1.54, 1.807) is 0 Å². The predicted molar refractivity (Wildman–Crippen MR) is 95.6 cm³/mol. The summed E-state index contributed by atoms with van der Waals surface area (Å²) >= 11 is 0. The van der Waals surface area contributed by atoms with Crippen LogP contribution in [0.5, 0.6) is 0 Å². The molecule has 5 heterocycles. The predicted octanol–water partition coefficient (Wildman–Crippen LogP) is 1.98. The Labute approximate surface area is 147 Å². The maximum atomic E-state index is 13.2. The van der Waals surface area contributed by atoms with Crippen molar-refractivity contribution in [3.05, 3.63) is 23.0 Å². The van der Waals surface area contributed by atoms with Gasteiger partial charge in [0, 0.05) is 31.2 Å². The third-order valence-electron chi connectivity index (χ3n) is 6.20. The molecule has 3 saturated heterocycles. The molecule has 1 saturated carbocycles. The summed E-state index contributed by atoms with van der Waals surface area (Å²) in [7, 11) is 1.91. The van der Waals surface area contributed by atoms with Crippen molar-refractivity contribution in [1.82, 2.24) is 25.0 Å². The maximum Gasteiger partial charge on any atom is 0.252 e. The molecule has 6 heteroatoms. The molecule has 1 N–H and O–H groups in total. The Hall–Kier alpha value is -1.95.